The number of aromatic amines is 1. The van der Waals surface area contributed by atoms with Crippen LogP contribution in [0, 0.1) is 0 Å². The number of rotatable bonds is 4. The van der Waals surface area contributed by atoms with Gasteiger partial charge in [0.2, 0.25) is 5.95 Å². The van der Waals surface area contributed by atoms with Gasteiger partial charge in [-0.15, -0.1) is 0 Å². The van der Waals surface area contributed by atoms with Crippen LogP contribution in [0.25, 0.3) is 0 Å². The molecule has 0 fully saturated rings. The van der Waals surface area contributed by atoms with Gasteiger partial charge in [0.15, 0.2) is 0 Å². The molecular weight excluding hydrogens is 278 g/mol. The first-order chi connectivity index (χ1) is 10.7. The van der Waals surface area contributed by atoms with Crippen molar-refractivity contribution in [2.45, 2.75) is 32.2 Å². The predicted octanol–water partition coefficient (Wildman–Crippen LogP) is 0.896. The van der Waals surface area contributed by atoms with Gasteiger partial charge in [-0.3, -0.25) is 14.8 Å². The van der Waals surface area contributed by atoms with Crippen molar-refractivity contribution in [3.05, 3.63) is 51.7 Å². The van der Waals surface area contributed by atoms with E-state index in [4.69, 9.17) is 0 Å². The second-order valence-corrected chi connectivity index (χ2v) is 5.70. The van der Waals surface area contributed by atoms with E-state index in [-0.39, 0.29) is 11.6 Å². The largest absolute Gasteiger partial charge is 0.353 e. The minimum atomic E-state index is -0.0234. The number of nitrogens with zero attached hydrogens (tertiary/aromatic N) is 2. The Balaban J connectivity index is 1.74. The van der Waals surface area contributed by atoms with Crippen molar-refractivity contribution in [3.8, 4) is 0 Å². The molecule has 2 aromatic heterocycles. The lowest BCUT2D eigenvalue weighted by Crippen LogP contribution is -2.25. The Morgan fingerprint density at radius 3 is 3.05 bits per heavy atom. The van der Waals surface area contributed by atoms with Crippen LogP contribution in [-0.4, -0.2) is 34.1 Å². The minimum absolute atomic E-state index is 0.0234. The maximum atomic E-state index is 12.2. The van der Waals surface area contributed by atoms with Crippen molar-refractivity contribution in [2.24, 2.45) is 0 Å². The highest BCUT2D eigenvalue weighted by Crippen LogP contribution is 2.10. The van der Waals surface area contributed by atoms with Crippen molar-refractivity contribution in [1.29, 1.82) is 0 Å². The summed E-state index contributed by atoms with van der Waals surface area (Å²) in [7, 11) is 0. The second kappa shape index (κ2) is 6.70. The highest BCUT2D eigenvalue weighted by Gasteiger charge is 2.15. The highest BCUT2D eigenvalue weighted by molar-refractivity contribution is 5.32. The summed E-state index contributed by atoms with van der Waals surface area (Å²) in [4.78, 5) is 23.8. The molecule has 0 unspecified atom stereocenters. The predicted molar refractivity (Wildman–Crippen MR) is 86.2 cm³/mol. The molecule has 1 atom stereocenters. The monoisotopic (exact) mass is 299 g/mol. The van der Waals surface area contributed by atoms with Crippen molar-refractivity contribution in [3.63, 3.8) is 0 Å². The van der Waals surface area contributed by atoms with Gasteiger partial charge in [-0.1, -0.05) is 6.07 Å². The SMILES string of the molecule is C[C@H](Cc1cccnc1)Nc1nc2c(c(=O)[nH]1)CCNCC2. The zero-order chi connectivity index (χ0) is 15.4. The van der Waals surface area contributed by atoms with Crippen LogP contribution in [0.15, 0.2) is 29.3 Å². The minimum Gasteiger partial charge on any atom is -0.353 e. The summed E-state index contributed by atoms with van der Waals surface area (Å²) in [5.74, 6) is 0.557. The molecule has 116 valence electrons. The molecule has 6 nitrogen and oxygen atoms in total. The molecule has 0 bridgehead atoms. The van der Waals surface area contributed by atoms with Crippen LogP contribution in [0.3, 0.4) is 0 Å². The molecule has 3 heterocycles. The molecule has 0 saturated heterocycles. The summed E-state index contributed by atoms with van der Waals surface area (Å²) < 4.78 is 0. The van der Waals surface area contributed by atoms with Crippen molar-refractivity contribution >= 4 is 5.95 Å². The average molecular weight is 299 g/mol. The van der Waals surface area contributed by atoms with Crippen LogP contribution in [0.1, 0.15) is 23.7 Å². The van der Waals surface area contributed by atoms with E-state index < -0.39 is 0 Å². The topological polar surface area (TPSA) is 82.7 Å². The molecule has 0 radical (unpaired) electrons. The third-order valence-electron chi connectivity index (χ3n) is 3.84. The average Bonchev–Trinajstić information content (AvgIpc) is 2.74. The first-order valence-corrected chi connectivity index (χ1v) is 7.70. The molecule has 3 rings (SSSR count). The summed E-state index contributed by atoms with van der Waals surface area (Å²) >= 11 is 0. The smallest absolute Gasteiger partial charge is 0.255 e. The summed E-state index contributed by atoms with van der Waals surface area (Å²) in [5, 5.41) is 6.58. The van der Waals surface area contributed by atoms with E-state index in [1.165, 1.54) is 0 Å². The summed E-state index contributed by atoms with van der Waals surface area (Å²) in [6, 6.07) is 4.14. The molecular formula is C16H21N5O. The fourth-order valence-electron chi connectivity index (χ4n) is 2.78. The number of fused-ring (bicyclic) bond motifs is 1. The maximum Gasteiger partial charge on any atom is 0.255 e. The standard InChI is InChI=1S/C16H21N5O/c1-11(9-12-3-2-6-18-10-12)19-16-20-14-5-8-17-7-4-13(14)15(22)21-16/h2-3,6,10-11,17H,4-5,7-9H2,1H3,(H2,19,20,21,22)/t11-/m1/s1. The Morgan fingerprint density at radius 2 is 2.23 bits per heavy atom. The molecule has 0 aromatic carbocycles. The number of hydrogen-bond acceptors (Lipinski definition) is 5. The molecule has 1 aliphatic rings. The number of H-pyrrole nitrogens is 1. The Bertz CT molecular complexity index is 683. The molecule has 1 aliphatic heterocycles. The van der Waals surface area contributed by atoms with Gasteiger partial charge in [-0.2, -0.15) is 0 Å². The Morgan fingerprint density at radius 1 is 1.36 bits per heavy atom. The van der Waals surface area contributed by atoms with E-state index in [0.29, 0.717) is 5.95 Å². The number of nitrogens with one attached hydrogen (secondary N) is 3. The first-order valence-electron chi connectivity index (χ1n) is 7.70. The van der Waals surface area contributed by atoms with Gasteiger partial charge in [0.05, 0.1) is 5.69 Å². The van der Waals surface area contributed by atoms with Crippen LogP contribution >= 0.6 is 0 Å². The molecule has 0 aliphatic carbocycles. The van der Waals surface area contributed by atoms with Crippen molar-refractivity contribution < 1.29 is 0 Å². The molecule has 0 saturated carbocycles. The lowest BCUT2D eigenvalue weighted by Gasteiger charge is -2.15. The molecule has 0 spiro atoms. The maximum absolute atomic E-state index is 12.2. The van der Waals surface area contributed by atoms with E-state index in [2.05, 4.69) is 32.5 Å². The molecule has 2 aromatic rings. The zero-order valence-electron chi connectivity index (χ0n) is 12.7. The highest BCUT2D eigenvalue weighted by atomic mass is 16.1. The Labute approximate surface area is 129 Å². The van der Waals surface area contributed by atoms with E-state index in [1.807, 2.05) is 18.3 Å². The van der Waals surface area contributed by atoms with Crippen LogP contribution in [0.2, 0.25) is 0 Å². The number of pyridine rings is 1. The van der Waals surface area contributed by atoms with Gasteiger partial charge in [0.25, 0.3) is 5.56 Å². The number of aromatic nitrogens is 3. The van der Waals surface area contributed by atoms with E-state index in [0.717, 1.165) is 49.2 Å². The number of hydrogen-bond donors (Lipinski definition) is 3. The summed E-state index contributed by atoms with van der Waals surface area (Å²) in [5.41, 5.74) is 2.86. The van der Waals surface area contributed by atoms with Crippen LogP contribution in [0.4, 0.5) is 5.95 Å². The van der Waals surface area contributed by atoms with Gasteiger partial charge >= 0.3 is 0 Å². The van der Waals surface area contributed by atoms with Gasteiger partial charge in [-0.25, -0.2) is 4.98 Å². The van der Waals surface area contributed by atoms with Crippen LogP contribution < -0.4 is 16.2 Å². The summed E-state index contributed by atoms with van der Waals surface area (Å²) in [6.45, 7) is 3.77. The lowest BCUT2D eigenvalue weighted by molar-refractivity contribution is 0.708. The first kappa shape index (κ1) is 14.7. The van der Waals surface area contributed by atoms with Gasteiger partial charge in [0.1, 0.15) is 0 Å². The Kier molecular flexibility index (Phi) is 4.48. The fourth-order valence-corrected chi connectivity index (χ4v) is 2.78. The Hall–Kier alpha value is -2.21. The van der Waals surface area contributed by atoms with Crippen LogP contribution in [-0.2, 0) is 19.3 Å². The van der Waals surface area contributed by atoms with Crippen molar-refractivity contribution in [1.82, 2.24) is 20.3 Å². The van der Waals surface area contributed by atoms with E-state index >= 15 is 0 Å². The van der Waals surface area contributed by atoms with E-state index in [1.54, 1.807) is 6.20 Å². The quantitative estimate of drug-likeness (QED) is 0.781. The zero-order valence-corrected chi connectivity index (χ0v) is 12.7. The van der Waals surface area contributed by atoms with Gasteiger partial charge < -0.3 is 10.6 Å². The normalized spacial score (nSPS) is 15.7. The fraction of sp³-hybridized carbons (Fsp3) is 0.438. The third kappa shape index (κ3) is 3.51. The number of anilines is 1. The second-order valence-electron chi connectivity index (χ2n) is 5.70. The third-order valence-corrected chi connectivity index (χ3v) is 3.84. The lowest BCUT2D eigenvalue weighted by atomic mass is 10.1. The van der Waals surface area contributed by atoms with Gasteiger partial charge in [-0.05, 0) is 37.9 Å². The molecule has 0 amide bonds. The van der Waals surface area contributed by atoms with E-state index in [9.17, 15) is 4.79 Å². The van der Waals surface area contributed by atoms with Crippen molar-refractivity contribution in [2.75, 3.05) is 18.4 Å². The molecule has 22 heavy (non-hydrogen) atoms. The molecule has 3 N–H and O–H groups in total. The summed E-state index contributed by atoms with van der Waals surface area (Å²) in [6.07, 6.45) is 5.99. The molecule has 6 heteroatoms. The van der Waals surface area contributed by atoms with Crippen LogP contribution in [0.5, 0.6) is 0 Å². The van der Waals surface area contributed by atoms with Gasteiger partial charge in [0, 0.05) is 37.0 Å².